The number of fused-ring (bicyclic) bond motifs is 1. The molecule has 0 unspecified atom stereocenters. The monoisotopic (exact) mass is 137 g/mol. The van der Waals surface area contributed by atoms with Crippen molar-refractivity contribution in [2.24, 2.45) is 0 Å². The molecule has 2 aromatic heterocycles. The molecule has 0 bridgehead atoms. The van der Waals surface area contributed by atoms with Crippen LogP contribution in [0.1, 0.15) is 0 Å². The predicted octanol–water partition coefficient (Wildman–Crippen LogP) is 1.09. The van der Waals surface area contributed by atoms with Crippen LogP contribution >= 0.6 is 11.5 Å². The molecule has 3 nitrogen and oxygen atoms in total. The van der Waals surface area contributed by atoms with Crippen LogP contribution in [0.5, 0.6) is 0 Å². The van der Waals surface area contributed by atoms with Gasteiger partial charge in [0.1, 0.15) is 5.52 Å². The third-order valence-corrected chi connectivity index (χ3v) is 1.72. The summed E-state index contributed by atoms with van der Waals surface area (Å²) in [6, 6.07) is 1.85. The largest absolute Gasteiger partial charge is 0.263 e. The van der Waals surface area contributed by atoms with Gasteiger partial charge in [-0.15, -0.1) is 5.10 Å². The van der Waals surface area contributed by atoms with E-state index < -0.39 is 0 Å². The minimum atomic E-state index is 0.926. The molecule has 9 heavy (non-hydrogen) atoms. The highest BCUT2D eigenvalue weighted by Crippen LogP contribution is 2.10. The Morgan fingerprint density at radius 2 is 2.44 bits per heavy atom. The fraction of sp³-hybridized carbons (Fsp3) is 0. The Morgan fingerprint density at radius 1 is 1.44 bits per heavy atom. The maximum atomic E-state index is 3.92. The summed E-state index contributed by atoms with van der Waals surface area (Å²) in [5.41, 5.74) is 0.926. The third-order valence-electron chi connectivity index (χ3n) is 1.05. The first-order chi connectivity index (χ1) is 4.47. The van der Waals surface area contributed by atoms with Gasteiger partial charge in [0.2, 0.25) is 0 Å². The molecule has 0 radical (unpaired) electrons. The first-order valence-electron chi connectivity index (χ1n) is 2.49. The molecule has 0 aromatic carbocycles. The molecular weight excluding hydrogens is 134 g/mol. The summed E-state index contributed by atoms with van der Waals surface area (Å²) in [7, 11) is 0. The van der Waals surface area contributed by atoms with E-state index >= 15 is 0 Å². The first kappa shape index (κ1) is 4.81. The minimum Gasteiger partial charge on any atom is -0.263 e. The van der Waals surface area contributed by atoms with Gasteiger partial charge in [-0.25, -0.2) is 0 Å². The van der Waals surface area contributed by atoms with Crippen LogP contribution in [0.15, 0.2) is 18.5 Å². The van der Waals surface area contributed by atoms with Gasteiger partial charge in [0.05, 0.1) is 4.70 Å². The number of nitrogens with zero attached hydrogens (tertiary/aromatic N) is 3. The van der Waals surface area contributed by atoms with E-state index in [1.165, 1.54) is 11.5 Å². The van der Waals surface area contributed by atoms with Crippen molar-refractivity contribution < 1.29 is 0 Å². The van der Waals surface area contributed by atoms with Crippen molar-refractivity contribution in [2.75, 3.05) is 0 Å². The van der Waals surface area contributed by atoms with Crippen molar-refractivity contribution in [1.29, 1.82) is 0 Å². The fourth-order valence-electron chi connectivity index (χ4n) is 0.634. The zero-order chi connectivity index (χ0) is 6.10. The molecule has 0 atom stereocenters. The minimum absolute atomic E-state index is 0.926. The lowest BCUT2D eigenvalue weighted by atomic mass is 10.5. The van der Waals surface area contributed by atoms with Crippen LogP contribution in [-0.2, 0) is 0 Å². The van der Waals surface area contributed by atoms with Gasteiger partial charge in [0.25, 0.3) is 0 Å². The summed E-state index contributed by atoms with van der Waals surface area (Å²) in [4.78, 5) is 3.92. The Morgan fingerprint density at radius 3 is 3.33 bits per heavy atom. The molecular formula is C5H3N3S. The van der Waals surface area contributed by atoms with E-state index in [9.17, 15) is 0 Å². The average molecular weight is 137 g/mol. The molecule has 0 spiro atoms. The van der Waals surface area contributed by atoms with Crippen molar-refractivity contribution in [2.45, 2.75) is 0 Å². The van der Waals surface area contributed by atoms with Crippen LogP contribution in [0.4, 0.5) is 0 Å². The van der Waals surface area contributed by atoms with Crippen molar-refractivity contribution in [3.8, 4) is 0 Å². The molecule has 2 aromatic rings. The summed E-state index contributed by atoms with van der Waals surface area (Å²) in [6.45, 7) is 0. The van der Waals surface area contributed by atoms with E-state index in [0.29, 0.717) is 0 Å². The molecule has 0 saturated heterocycles. The van der Waals surface area contributed by atoms with Crippen molar-refractivity contribution >= 4 is 21.7 Å². The summed E-state index contributed by atoms with van der Waals surface area (Å²) in [5.74, 6) is 0. The predicted molar refractivity (Wildman–Crippen MR) is 35.2 cm³/mol. The van der Waals surface area contributed by atoms with Crippen LogP contribution in [0, 0.1) is 0 Å². The third kappa shape index (κ3) is 0.675. The molecule has 2 heterocycles. The molecule has 2 rings (SSSR count). The highest BCUT2D eigenvalue weighted by molar-refractivity contribution is 7.12. The lowest BCUT2D eigenvalue weighted by Crippen LogP contribution is -1.68. The molecule has 44 valence electrons. The summed E-state index contributed by atoms with van der Waals surface area (Å²) < 4.78 is 4.79. The topological polar surface area (TPSA) is 38.7 Å². The second kappa shape index (κ2) is 1.73. The lowest BCUT2D eigenvalue weighted by molar-refractivity contribution is 1.19. The highest BCUT2D eigenvalue weighted by atomic mass is 32.1. The Bertz CT molecular complexity index is 286. The van der Waals surface area contributed by atoms with Gasteiger partial charge in [-0.05, 0) is 17.6 Å². The van der Waals surface area contributed by atoms with Gasteiger partial charge in [-0.2, -0.15) is 0 Å². The number of rotatable bonds is 0. The van der Waals surface area contributed by atoms with E-state index in [1.54, 1.807) is 12.4 Å². The zero-order valence-corrected chi connectivity index (χ0v) is 5.30. The van der Waals surface area contributed by atoms with Gasteiger partial charge in [-0.3, -0.25) is 4.98 Å². The van der Waals surface area contributed by atoms with Gasteiger partial charge in [-0.1, -0.05) is 4.49 Å². The van der Waals surface area contributed by atoms with Crippen LogP contribution in [0.3, 0.4) is 0 Å². The standard InChI is InChI=1S/C5H3N3S/c1-2-6-3-5-4(1)7-8-9-5/h1-3H. The SMILES string of the molecule is c1cc2nnsc2cn1. The zero-order valence-electron chi connectivity index (χ0n) is 4.48. The Balaban J connectivity index is 2.95. The molecule has 0 aliphatic heterocycles. The van der Waals surface area contributed by atoms with Crippen LogP contribution in [0.2, 0.25) is 0 Å². The normalized spacial score (nSPS) is 10.2. The van der Waals surface area contributed by atoms with Crippen molar-refractivity contribution in [3.05, 3.63) is 18.5 Å². The summed E-state index contributed by atoms with van der Waals surface area (Å²) in [5, 5.41) is 3.85. The maximum absolute atomic E-state index is 3.92. The van der Waals surface area contributed by atoms with E-state index in [4.69, 9.17) is 0 Å². The van der Waals surface area contributed by atoms with Crippen LogP contribution in [-0.4, -0.2) is 14.6 Å². The van der Waals surface area contributed by atoms with E-state index in [1.807, 2.05) is 6.07 Å². The van der Waals surface area contributed by atoms with Gasteiger partial charge >= 0.3 is 0 Å². The van der Waals surface area contributed by atoms with E-state index in [2.05, 4.69) is 14.6 Å². The first-order valence-corrected chi connectivity index (χ1v) is 3.26. The molecule has 0 N–H and O–H groups in total. The number of hydrogen-bond donors (Lipinski definition) is 0. The average Bonchev–Trinajstić information content (AvgIpc) is 2.33. The second-order valence-corrected chi connectivity index (χ2v) is 2.40. The maximum Gasteiger partial charge on any atom is 0.109 e. The quantitative estimate of drug-likeness (QED) is 0.545. The Hall–Kier alpha value is -1.03. The summed E-state index contributed by atoms with van der Waals surface area (Å²) >= 11 is 1.36. The van der Waals surface area contributed by atoms with Gasteiger partial charge < -0.3 is 0 Å². The number of pyridine rings is 1. The lowest BCUT2D eigenvalue weighted by Gasteiger charge is -1.78. The number of aromatic nitrogens is 3. The molecule has 0 saturated carbocycles. The van der Waals surface area contributed by atoms with Crippen LogP contribution < -0.4 is 0 Å². The highest BCUT2D eigenvalue weighted by Gasteiger charge is 1.92. The molecule has 0 aliphatic rings. The van der Waals surface area contributed by atoms with E-state index in [0.717, 1.165) is 10.2 Å². The fourth-order valence-corrected chi connectivity index (χ4v) is 1.16. The smallest absolute Gasteiger partial charge is 0.109 e. The Labute approximate surface area is 55.5 Å². The van der Waals surface area contributed by atoms with E-state index in [-0.39, 0.29) is 0 Å². The molecule has 0 aliphatic carbocycles. The van der Waals surface area contributed by atoms with Crippen molar-refractivity contribution in [1.82, 2.24) is 14.6 Å². The Kier molecular flexibility index (Phi) is 0.927. The number of hydrogen-bond acceptors (Lipinski definition) is 4. The van der Waals surface area contributed by atoms with Gasteiger partial charge in [0, 0.05) is 12.4 Å². The molecule has 0 amide bonds. The second-order valence-electron chi connectivity index (χ2n) is 1.62. The molecule has 4 heteroatoms. The van der Waals surface area contributed by atoms with Crippen molar-refractivity contribution in [3.63, 3.8) is 0 Å². The summed E-state index contributed by atoms with van der Waals surface area (Å²) in [6.07, 6.45) is 3.48. The molecule has 0 fully saturated rings. The van der Waals surface area contributed by atoms with Gasteiger partial charge in [0.15, 0.2) is 0 Å². The van der Waals surface area contributed by atoms with Crippen LogP contribution in [0.25, 0.3) is 10.2 Å².